The molecular weight excluding hydrogens is 477 g/mol. The van der Waals surface area contributed by atoms with Gasteiger partial charge in [0, 0.05) is 50.0 Å². The van der Waals surface area contributed by atoms with Crippen molar-refractivity contribution >= 4 is 23.3 Å². The molecule has 0 unspecified atom stereocenters. The first-order valence-electron chi connectivity index (χ1n) is 12.1. The van der Waals surface area contributed by atoms with Gasteiger partial charge in [0.1, 0.15) is 5.82 Å². The van der Waals surface area contributed by atoms with Gasteiger partial charge in [0.25, 0.3) is 0 Å². The molecule has 2 aliphatic rings. The van der Waals surface area contributed by atoms with Gasteiger partial charge in [0.2, 0.25) is 5.91 Å². The third-order valence-corrected chi connectivity index (χ3v) is 7.80. The highest BCUT2D eigenvalue weighted by Crippen LogP contribution is 2.46. The topological polar surface area (TPSA) is 48.5 Å². The number of hydrogen-bond acceptors (Lipinski definition) is 4. The Labute approximate surface area is 209 Å². The van der Waals surface area contributed by atoms with Gasteiger partial charge in [-0.2, -0.15) is 13.2 Å². The summed E-state index contributed by atoms with van der Waals surface area (Å²) in [6.45, 7) is 6.85. The number of halogens is 4. The van der Waals surface area contributed by atoms with E-state index in [4.69, 9.17) is 11.6 Å². The average Bonchev–Trinajstić information content (AvgIpc) is 3.29. The van der Waals surface area contributed by atoms with Crippen molar-refractivity contribution in [2.75, 3.05) is 31.1 Å². The predicted octanol–water partition coefficient (Wildman–Crippen LogP) is 5.39. The summed E-state index contributed by atoms with van der Waals surface area (Å²) in [6.07, 6.45) is -0.659. The van der Waals surface area contributed by atoms with E-state index in [0.29, 0.717) is 37.0 Å². The van der Waals surface area contributed by atoms with Crippen LogP contribution in [0, 0.1) is 11.3 Å². The van der Waals surface area contributed by atoms with Crippen LogP contribution in [0.1, 0.15) is 44.2 Å². The van der Waals surface area contributed by atoms with Crippen LogP contribution in [0.2, 0.25) is 5.02 Å². The largest absolute Gasteiger partial charge is 0.416 e. The molecule has 190 valence electrons. The molecule has 1 saturated carbocycles. The van der Waals surface area contributed by atoms with Crippen molar-refractivity contribution in [2.24, 2.45) is 11.3 Å². The number of carbonyl (C=O) groups is 1. The quantitative estimate of drug-likeness (QED) is 0.568. The fraction of sp³-hybridized carbons (Fsp3) is 0.538. The summed E-state index contributed by atoms with van der Waals surface area (Å²) in [4.78, 5) is 21.6. The second-order valence-electron chi connectivity index (χ2n) is 9.94. The fourth-order valence-corrected chi connectivity index (χ4v) is 5.43. The number of nitrogens with one attached hydrogen (secondary N) is 1. The van der Waals surface area contributed by atoms with E-state index in [0.717, 1.165) is 43.5 Å². The minimum absolute atomic E-state index is 0.167. The molecule has 2 aromatic rings. The van der Waals surface area contributed by atoms with Crippen LogP contribution in [0.3, 0.4) is 0 Å². The smallest absolute Gasteiger partial charge is 0.353 e. The first-order chi connectivity index (χ1) is 16.6. The molecule has 1 aliphatic carbocycles. The van der Waals surface area contributed by atoms with Crippen LogP contribution in [0.4, 0.5) is 19.0 Å². The highest BCUT2D eigenvalue weighted by molar-refractivity contribution is 6.30. The maximum absolute atomic E-state index is 13.8. The summed E-state index contributed by atoms with van der Waals surface area (Å²) in [5.74, 6) is 0.665. The predicted molar refractivity (Wildman–Crippen MR) is 131 cm³/mol. The highest BCUT2D eigenvalue weighted by atomic mass is 35.5. The van der Waals surface area contributed by atoms with Crippen LogP contribution in [-0.4, -0.2) is 48.0 Å². The first-order valence-corrected chi connectivity index (χ1v) is 12.5. The summed E-state index contributed by atoms with van der Waals surface area (Å²) in [5.41, 5.74) is 0.0267. The molecule has 0 spiro atoms. The van der Waals surface area contributed by atoms with E-state index >= 15 is 0 Å². The van der Waals surface area contributed by atoms with Crippen molar-refractivity contribution in [1.82, 2.24) is 15.2 Å². The van der Waals surface area contributed by atoms with Crippen molar-refractivity contribution in [3.8, 4) is 0 Å². The van der Waals surface area contributed by atoms with Crippen LogP contribution in [-0.2, 0) is 17.5 Å². The summed E-state index contributed by atoms with van der Waals surface area (Å²) >= 11 is 5.97. The zero-order valence-electron chi connectivity index (χ0n) is 20.1. The Kier molecular flexibility index (Phi) is 7.62. The van der Waals surface area contributed by atoms with Gasteiger partial charge in [-0.3, -0.25) is 4.79 Å². The first kappa shape index (κ1) is 25.8. The van der Waals surface area contributed by atoms with Crippen molar-refractivity contribution < 1.29 is 18.0 Å². The lowest BCUT2D eigenvalue weighted by molar-refractivity contribution is -0.145. The number of pyridine rings is 1. The molecule has 2 heterocycles. The standard InChI is InChI=1S/C26H32ClF3N4O/c1-18(2)25(9-7-22(16-25)32-17-19-3-5-21(27)6-4-19)24(35)34-13-11-33(12-14-34)23-15-20(8-10-31-23)26(28,29)30/h3-6,8,10,15,18,22,32H,7,9,11-14,16-17H2,1-2H3/t22-,25+/m0/s1. The lowest BCUT2D eigenvalue weighted by atomic mass is 9.74. The minimum atomic E-state index is -4.40. The lowest BCUT2D eigenvalue weighted by Crippen LogP contribution is -2.54. The van der Waals surface area contributed by atoms with E-state index in [9.17, 15) is 18.0 Å². The molecule has 0 radical (unpaired) electrons. The zero-order chi connectivity index (χ0) is 25.2. The van der Waals surface area contributed by atoms with Gasteiger partial charge in [-0.15, -0.1) is 0 Å². The number of nitrogens with zero attached hydrogens (tertiary/aromatic N) is 3. The van der Waals surface area contributed by atoms with Gasteiger partial charge in [-0.05, 0) is 55.0 Å². The number of benzene rings is 1. The molecule has 1 aromatic heterocycles. The molecule has 1 amide bonds. The highest BCUT2D eigenvalue weighted by Gasteiger charge is 2.49. The van der Waals surface area contributed by atoms with E-state index in [-0.39, 0.29) is 17.9 Å². The minimum Gasteiger partial charge on any atom is -0.353 e. The molecule has 1 aliphatic heterocycles. The third kappa shape index (κ3) is 5.75. The maximum atomic E-state index is 13.8. The monoisotopic (exact) mass is 508 g/mol. The third-order valence-electron chi connectivity index (χ3n) is 7.55. The summed E-state index contributed by atoms with van der Waals surface area (Å²) in [5, 5.41) is 4.32. The van der Waals surface area contributed by atoms with Crippen molar-refractivity contribution in [2.45, 2.75) is 51.9 Å². The van der Waals surface area contributed by atoms with Gasteiger partial charge in [-0.25, -0.2) is 4.98 Å². The summed E-state index contributed by atoms with van der Waals surface area (Å²) in [7, 11) is 0. The maximum Gasteiger partial charge on any atom is 0.416 e. The van der Waals surface area contributed by atoms with E-state index < -0.39 is 17.2 Å². The van der Waals surface area contributed by atoms with E-state index in [1.807, 2.05) is 34.1 Å². The molecule has 2 atom stereocenters. The molecule has 1 aromatic carbocycles. The Balaban J connectivity index is 1.36. The Bertz CT molecular complexity index is 1020. The average molecular weight is 509 g/mol. The number of hydrogen-bond donors (Lipinski definition) is 1. The molecule has 2 fully saturated rings. The lowest BCUT2D eigenvalue weighted by Gasteiger charge is -2.42. The second-order valence-corrected chi connectivity index (χ2v) is 10.4. The summed E-state index contributed by atoms with van der Waals surface area (Å²) in [6, 6.07) is 10.1. The van der Waals surface area contributed by atoms with E-state index in [1.165, 1.54) is 6.20 Å². The Morgan fingerprint density at radius 1 is 1.17 bits per heavy atom. The number of amides is 1. The molecule has 0 bridgehead atoms. The SMILES string of the molecule is CC(C)[C@@]1(C(=O)N2CCN(c3cc(C(F)(F)F)ccn3)CC2)CC[C@H](NCc2ccc(Cl)cc2)C1. The Morgan fingerprint density at radius 2 is 1.86 bits per heavy atom. The summed E-state index contributed by atoms with van der Waals surface area (Å²) < 4.78 is 39.2. The van der Waals surface area contributed by atoms with E-state index in [2.05, 4.69) is 24.1 Å². The number of piperazine rings is 1. The molecular formula is C26H32ClF3N4O. The second kappa shape index (κ2) is 10.3. The van der Waals surface area contributed by atoms with E-state index in [1.54, 1.807) is 0 Å². The van der Waals surface area contributed by atoms with Crippen molar-refractivity contribution in [3.05, 3.63) is 58.7 Å². The molecule has 9 heteroatoms. The van der Waals surface area contributed by atoms with Gasteiger partial charge >= 0.3 is 6.18 Å². The number of alkyl halides is 3. The van der Waals surface area contributed by atoms with Crippen molar-refractivity contribution in [1.29, 1.82) is 0 Å². The van der Waals surface area contributed by atoms with Crippen LogP contribution >= 0.6 is 11.6 Å². The zero-order valence-corrected chi connectivity index (χ0v) is 20.9. The van der Waals surface area contributed by atoms with Crippen LogP contribution in [0.5, 0.6) is 0 Å². The Hall–Kier alpha value is -2.32. The van der Waals surface area contributed by atoms with Crippen molar-refractivity contribution in [3.63, 3.8) is 0 Å². The number of anilines is 1. The molecule has 1 saturated heterocycles. The molecule has 1 N–H and O–H groups in total. The Morgan fingerprint density at radius 3 is 2.49 bits per heavy atom. The number of aromatic nitrogens is 1. The fourth-order valence-electron chi connectivity index (χ4n) is 5.30. The number of rotatable bonds is 6. The van der Waals surface area contributed by atoms with Gasteiger partial charge < -0.3 is 15.1 Å². The van der Waals surface area contributed by atoms with Crippen LogP contribution in [0.25, 0.3) is 0 Å². The molecule has 5 nitrogen and oxygen atoms in total. The molecule has 35 heavy (non-hydrogen) atoms. The molecule has 4 rings (SSSR count). The van der Waals surface area contributed by atoms with Gasteiger partial charge in [0.05, 0.1) is 11.0 Å². The van der Waals surface area contributed by atoms with Crippen LogP contribution in [0.15, 0.2) is 42.6 Å². The van der Waals surface area contributed by atoms with Crippen LogP contribution < -0.4 is 10.2 Å². The number of carbonyl (C=O) groups excluding carboxylic acids is 1. The van der Waals surface area contributed by atoms with Gasteiger partial charge in [0.15, 0.2) is 0 Å². The normalized spacial score (nSPS) is 23.2. The van der Waals surface area contributed by atoms with Gasteiger partial charge in [-0.1, -0.05) is 37.6 Å².